The number of hydroxylamine groups is 2. The second-order valence-electron chi connectivity index (χ2n) is 5.57. The number of alkyl halides is 2. The van der Waals surface area contributed by atoms with Crippen molar-refractivity contribution in [1.82, 2.24) is 4.65 Å². The van der Waals surface area contributed by atoms with Crippen LogP contribution in [0.3, 0.4) is 0 Å². The van der Waals surface area contributed by atoms with Gasteiger partial charge in [0.15, 0.2) is 5.69 Å². The summed E-state index contributed by atoms with van der Waals surface area (Å²) in [6.07, 6.45) is 0.439. The Labute approximate surface area is 147 Å². The molecule has 0 unspecified atom stereocenters. The maximum absolute atomic E-state index is 10.8. The van der Waals surface area contributed by atoms with Gasteiger partial charge in [0.25, 0.3) is 0 Å². The number of halogens is 2. The van der Waals surface area contributed by atoms with Gasteiger partial charge < -0.3 is 10.8 Å². The SMILES string of the molecule is CO[N+](CCCl)(CCCl)c1ccc(C)c(C[C@@H](N)CC(=O)O)c1. The lowest BCUT2D eigenvalue weighted by Gasteiger charge is -2.33. The molecule has 0 saturated carbocycles. The summed E-state index contributed by atoms with van der Waals surface area (Å²) in [4.78, 5) is 16.5. The number of rotatable bonds is 10. The number of nitrogens with two attached hydrogens (primary N) is 1. The van der Waals surface area contributed by atoms with Crippen molar-refractivity contribution in [2.45, 2.75) is 25.8 Å². The maximum Gasteiger partial charge on any atom is 0.304 e. The van der Waals surface area contributed by atoms with Crippen LogP contribution in [0.2, 0.25) is 0 Å². The Morgan fingerprint density at radius 2 is 1.96 bits per heavy atom. The van der Waals surface area contributed by atoms with E-state index in [1.165, 1.54) is 0 Å². The molecule has 7 heteroatoms. The van der Waals surface area contributed by atoms with Gasteiger partial charge in [0.1, 0.15) is 13.1 Å². The van der Waals surface area contributed by atoms with Gasteiger partial charge in [-0.25, -0.2) is 4.84 Å². The topological polar surface area (TPSA) is 72.5 Å². The quantitative estimate of drug-likeness (QED) is 0.380. The third kappa shape index (κ3) is 5.62. The first kappa shape index (κ1) is 20.2. The summed E-state index contributed by atoms with van der Waals surface area (Å²) >= 11 is 11.9. The second kappa shape index (κ2) is 9.45. The number of hydrogen-bond acceptors (Lipinski definition) is 3. The van der Waals surface area contributed by atoms with Crippen LogP contribution in [0, 0.1) is 6.92 Å². The average molecular weight is 364 g/mol. The van der Waals surface area contributed by atoms with Crippen molar-refractivity contribution in [2.24, 2.45) is 5.73 Å². The smallest absolute Gasteiger partial charge is 0.304 e. The number of aliphatic carboxylic acids is 1. The van der Waals surface area contributed by atoms with E-state index < -0.39 is 12.0 Å². The highest BCUT2D eigenvalue weighted by Gasteiger charge is 2.31. The van der Waals surface area contributed by atoms with Gasteiger partial charge >= 0.3 is 5.97 Å². The Bertz CT molecular complexity index is 520. The molecule has 1 aromatic rings. The minimum atomic E-state index is -0.891. The van der Waals surface area contributed by atoms with Crippen LogP contribution in [0.4, 0.5) is 5.69 Å². The zero-order chi connectivity index (χ0) is 17.5. The maximum atomic E-state index is 10.8. The van der Waals surface area contributed by atoms with E-state index in [1.54, 1.807) is 7.11 Å². The summed E-state index contributed by atoms with van der Waals surface area (Å²) in [5.41, 5.74) is 8.95. The lowest BCUT2D eigenvalue weighted by Crippen LogP contribution is -2.51. The summed E-state index contributed by atoms with van der Waals surface area (Å²) in [5, 5.41) is 8.86. The molecule has 0 aliphatic carbocycles. The van der Waals surface area contributed by atoms with Crippen LogP contribution in [0.5, 0.6) is 0 Å². The molecule has 0 spiro atoms. The summed E-state index contributed by atoms with van der Waals surface area (Å²) in [6.45, 7) is 3.17. The van der Waals surface area contributed by atoms with Gasteiger partial charge in [-0.1, -0.05) is 6.07 Å². The van der Waals surface area contributed by atoms with Crippen molar-refractivity contribution in [3.63, 3.8) is 0 Å². The minimum Gasteiger partial charge on any atom is -0.481 e. The zero-order valence-electron chi connectivity index (χ0n) is 13.6. The van der Waals surface area contributed by atoms with Crippen LogP contribution in [0.15, 0.2) is 18.2 Å². The summed E-state index contributed by atoms with van der Waals surface area (Å²) in [6, 6.07) is 5.57. The molecule has 0 aliphatic heterocycles. The first-order valence-corrected chi connectivity index (χ1v) is 8.57. The molecule has 0 radical (unpaired) electrons. The van der Waals surface area contributed by atoms with Crippen LogP contribution in [0.1, 0.15) is 17.5 Å². The van der Waals surface area contributed by atoms with Crippen molar-refractivity contribution in [3.05, 3.63) is 29.3 Å². The molecule has 23 heavy (non-hydrogen) atoms. The number of carbonyl (C=O) groups is 1. The summed E-state index contributed by atoms with van der Waals surface area (Å²) < 4.78 is 0.231. The fourth-order valence-electron chi connectivity index (χ4n) is 2.64. The molecular weight excluding hydrogens is 339 g/mol. The highest BCUT2D eigenvalue weighted by atomic mass is 35.5. The van der Waals surface area contributed by atoms with E-state index in [2.05, 4.69) is 0 Å². The van der Waals surface area contributed by atoms with E-state index in [-0.39, 0.29) is 11.1 Å². The molecule has 0 fully saturated rings. The van der Waals surface area contributed by atoms with E-state index >= 15 is 0 Å². The average Bonchev–Trinajstić information content (AvgIpc) is 2.48. The van der Waals surface area contributed by atoms with Gasteiger partial charge in [-0.05, 0) is 24.5 Å². The number of benzene rings is 1. The number of carboxylic acid groups (broad SMARTS) is 1. The van der Waals surface area contributed by atoms with E-state index in [9.17, 15) is 4.79 Å². The highest BCUT2D eigenvalue weighted by Crippen LogP contribution is 2.27. The van der Waals surface area contributed by atoms with E-state index in [1.807, 2.05) is 25.1 Å². The van der Waals surface area contributed by atoms with E-state index in [0.717, 1.165) is 16.8 Å². The highest BCUT2D eigenvalue weighted by molar-refractivity contribution is 6.18. The fourth-order valence-corrected chi connectivity index (χ4v) is 3.19. The summed E-state index contributed by atoms with van der Waals surface area (Å²) in [5.74, 6) is -0.0172. The van der Waals surface area contributed by atoms with Gasteiger partial charge in [0.05, 0.1) is 25.3 Å². The lowest BCUT2D eigenvalue weighted by atomic mass is 9.98. The van der Waals surface area contributed by atoms with Gasteiger partial charge in [0, 0.05) is 18.2 Å². The molecule has 1 atom stereocenters. The van der Waals surface area contributed by atoms with Crippen LogP contribution in [0.25, 0.3) is 0 Å². The first-order valence-electron chi connectivity index (χ1n) is 7.50. The molecule has 0 bridgehead atoms. The number of nitrogens with zero attached hydrogens (tertiary/aromatic N) is 1. The molecule has 0 saturated heterocycles. The number of carboxylic acids is 1. The molecule has 0 amide bonds. The number of quaternary nitrogens is 1. The fraction of sp³-hybridized carbons (Fsp3) is 0.562. The van der Waals surface area contributed by atoms with Crippen molar-refractivity contribution in [1.29, 1.82) is 0 Å². The Morgan fingerprint density at radius 1 is 1.35 bits per heavy atom. The van der Waals surface area contributed by atoms with Crippen LogP contribution >= 0.6 is 23.2 Å². The lowest BCUT2D eigenvalue weighted by molar-refractivity contribution is -0.137. The van der Waals surface area contributed by atoms with Crippen molar-refractivity contribution in [2.75, 3.05) is 32.0 Å². The minimum absolute atomic E-state index is 0.0582. The second-order valence-corrected chi connectivity index (χ2v) is 6.33. The standard InChI is InChI=1S/C16H24Cl2N2O3/c1-12-3-4-15(20(23-2,7-5-17)8-6-18)10-13(12)9-14(19)11-16(21)22/h3-4,10,14H,5-9,11,19H2,1-2H3/p+1/t14-/m1/s1. The van der Waals surface area contributed by atoms with Crippen molar-refractivity contribution < 1.29 is 14.7 Å². The molecule has 1 rings (SSSR count). The van der Waals surface area contributed by atoms with Crippen LogP contribution in [-0.4, -0.2) is 49.1 Å². The third-order valence-electron chi connectivity index (χ3n) is 3.96. The van der Waals surface area contributed by atoms with Gasteiger partial charge in [0.2, 0.25) is 0 Å². The van der Waals surface area contributed by atoms with Crippen molar-refractivity contribution in [3.8, 4) is 0 Å². The molecule has 0 aromatic heterocycles. The van der Waals surface area contributed by atoms with Gasteiger partial charge in [-0.3, -0.25) is 4.79 Å². The van der Waals surface area contributed by atoms with Crippen LogP contribution in [-0.2, 0) is 16.1 Å². The normalized spacial score (nSPS) is 13.1. The van der Waals surface area contributed by atoms with E-state index in [0.29, 0.717) is 31.3 Å². The molecule has 1 aromatic carbocycles. The zero-order valence-corrected chi connectivity index (χ0v) is 15.1. The number of hydrogen-bond donors (Lipinski definition) is 2. The molecule has 5 nitrogen and oxygen atoms in total. The Hall–Kier alpha value is -0.850. The predicted molar refractivity (Wildman–Crippen MR) is 95.1 cm³/mol. The van der Waals surface area contributed by atoms with Crippen molar-refractivity contribution >= 4 is 34.9 Å². The molecule has 130 valence electrons. The molecular formula is C16H25Cl2N2O3+. The first-order chi connectivity index (χ1) is 10.9. The summed E-state index contributed by atoms with van der Waals surface area (Å²) in [7, 11) is 1.63. The largest absolute Gasteiger partial charge is 0.481 e. The Balaban J connectivity index is 3.12. The molecule has 0 heterocycles. The van der Waals surface area contributed by atoms with E-state index in [4.69, 9.17) is 38.9 Å². The predicted octanol–water partition coefficient (Wildman–Crippen LogP) is 2.69. The molecule has 0 aliphatic rings. The van der Waals surface area contributed by atoms with Crippen LogP contribution < -0.4 is 10.4 Å². The monoisotopic (exact) mass is 363 g/mol. The molecule has 3 N–H and O–H groups in total. The van der Waals surface area contributed by atoms with Gasteiger partial charge in [-0.2, -0.15) is 0 Å². The Kier molecular flexibility index (Phi) is 8.29. The van der Waals surface area contributed by atoms with Gasteiger partial charge in [-0.15, -0.1) is 27.8 Å². The number of aryl methyl sites for hydroxylation is 1. The third-order valence-corrected chi connectivity index (χ3v) is 4.30. The Morgan fingerprint density at radius 3 is 2.43 bits per heavy atom.